The fraction of sp³-hybridized carbons (Fsp3) is 0.467. The summed E-state index contributed by atoms with van der Waals surface area (Å²) in [4.78, 5) is 23.3. The third-order valence-electron chi connectivity index (χ3n) is 3.12. The summed E-state index contributed by atoms with van der Waals surface area (Å²) in [5.41, 5.74) is 7.01. The number of carboxylic acid groups (broad SMARTS) is 1. The zero-order valence-corrected chi connectivity index (χ0v) is 12.3. The molecule has 4 N–H and O–H groups in total. The van der Waals surface area contributed by atoms with Crippen molar-refractivity contribution in [2.45, 2.75) is 39.8 Å². The van der Waals surface area contributed by atoms with E-state index in [1.165, 1.54) is 0 Å². The van der Waals surface area contributed by atoms with Crippen LogP contribution in [0.25, 0.3) is 0 Å². The molecule has 1 aromatic carbocycles. The van der Waals surface area contributed by atoms with Gasteiger partial charge >= 0.3 is 5.97 Å². The van der Waals surface area contributed by atoms with Gasteiger partial charge in [-0.2, -0.15) is 0 Å². The van der Waals surface area contributed by atoms with E-state index in [9.17, 15) is 14.7 Å². The summed E-state index contributed by atoms with van der Waals surface area (Å²) in [6.07, 6.45) is 0. The van der Waals surface area contributed by atoms with E-state index >= 15 is 0 Å². The molecule has 0 aromatic heterocycles. The summed E-state index contributed by atoms with van der Waals surface area (Å²) < 4.78 is 0. The first-order chi connectivity index (χ1) is 9.12. The maximum atomic E-state index is 12.1. The number of nitrogens with one attached hydrogen (secondary N) is 1. The Labute approximate surface area is 119 Å². The number of aryl methyl sites for hydroxylation is 1. The first-order valence-corrected chi connectivity index (χ1v) is 6.48. The Balaban J connectivity index is 2.84. The standard InChI is InChI=1S/C15H22N2O3/c1-9-5-7-10(8-6-9)11(16)13(18)17-12(14(19)20)15(2,3)4/h5-8,11-12H,16H2,1-4H3,(H,17,18)(H,19,20)/t11?,12-/m0/s1. The highest BCUT2D eigenvalue weighted by atomic mass is 16.4. The predicted octanol–water partition coefficient (Wildman–Crippen LogP) is 1.61. The fourth-order valence-corrected chi connectivity index (χ4v) is 1.81. The molecule has 0 bridgehead atoms. The molecule has 0 aliphatic carbocycles. The van der Waals surface area contributed by atoms with Crippen molar-refractivity contribution >= 4 is 11.9 Å². The van der Waals surface area contributed by atoms with Crippen LogP contribution in [0, 0.1) is 12.3 Å². The van der Waals surface area contributed by atoms with Crippen LogP contribution in [0.1, 0.15) is 37.9 Å². The van der Waals surface area contributed by atoms with E-state index in [1.54, 1.807) is 32.9 Å². The average Bonchev–Trinajstić information content (AvgIpc) is 2.33. The predicted molar refractivity (Wildman–Crippen MR) is 77.1 cm³/mol. The van der Waals surface area contributed by atoms with Gasteiger partial charge in [-0.05, 0) is 17.9 Å². The van der Waals surface area contributed by atoms with Crippen molar-refractivity contribution in [2.24, 2.45) is 11.1 Å². The summed E-state index contributed by atoms with van der Waals surface area (Å²) in [6, 6.07) is 5.41. The lowest BCUT2D eigenvalue weighted by Crippen LogP contribution is -2.51. The molecular weight excluding hydrogens is 256 g/mol. The lowest BCUT2D eigenvalue weighted by molar-refractivity contribution is -0.145. The van der Waals surface area contributed by atoms with Gasteiger partial charge in [-0.3, -0.25) is 4.79 Å². The van der Waals surface area contributed by atoms with E-state index in [1.807, 2.05) is 19.1 Å². The molecule has 0 heterocycles. The number of nitrogens with two attached hydrogens (primary N) is 1. The Kier molecular flexibility index (Phi) is 4.89. The van der Waals surface area contributed by atoms with Crippen LogP contribution < -0.4 is 11.1 Å². The number of carbonyl (C=O) groups is 2. The molecule has 0 aliphatic rings. The van der Waals surface area contributed by atoms with Gasteiger partial charge in [-0.1, -0.05) is 50.6 Å². The summed E-state index contributed by atoms with van der Waals surface area (Å²) >= 11 is 0. The van der Waals surface area contributed by atoms with Gasteiger partial charge in [0.25, 0.3) is 0 Å². The normalized spacial score (nSPS) is 14.4. The second kappa shape index (κ2) is 6.05. The topological polar surface area (TPSA) is 92.4 Å². The minimum Gasteiger partial charge on any atom is -0.480 e. The highest BCUT2D eigenvalue weighted by molar-refractivity contribution is 5.88. The van der Waals surface area contributed by atoms with Gasteiger partial charge in [-0.15, -0.1) is 0 Å². The van der Waals surface area contributed by atoms with Crippen LogP contribution in [-0.4, -0.2) is 23.0 Å². The third-order valence-corrected chi connectivity index (χ3v) is 3.12. The van der Waals surface area contributed by atoms with E-state index < -0.39 is 29.4 Å². The molecule has 1 unspecified atom stereocenters. The van der Waals surface area contributed by atoms with Crippen LogP contribution >= 0.6 is 0 Å². The van der Waals surface area contributed by atoms with Crippen LogP contribution in [0.3, 0.4) is 0 Å². The van der Waals surface area contributed by atoms with Gasteiger partial charge in [0, 0.05) is 0 Å². The van der Waals surface area contributed by atoms with Crippen LogP contribution in [-0.2, 0) is 9.59 Å². The SMILES string of the molecule is Cc1ccc(C(N)C(=O)N[C@@H](C(=O)O)C(C)(C)C)cc1. The first-order valence-electron chi connectivity index (χ1n) is 6.48. The lowest BCUT2D eigenvalue weighted by atomic mass is 9.86. The Hall–Kier alpha value is -1.88. The van der Waals surface area contributed by atoms with E-state index in [0.29, 0.717) is 5.56 Å². The molecular formula is C15H22N2O3. The first kappa shape index (κ1) is 16.2. The van der Waals surface area contributed by atoms with Crippen LogP contribution in [0.4, 0.5) is 0 Å². The van der Waals surface area contributed by atoms with Gasteiger partial charge in [0.05, 0.1) is 0 Å². The van der Waals surface area contributed by atoms with Crippen molar-refractivity contribution in [1.29, 1.82) is 0 Å². The highest BCUT2D eigenvalue weighted by Gasteiger charge is 2.33. The van der Waals surface area contributed by atoms with Crippen molar-refractivity contribution in [1.82, 2.24) is 5.32 Å². The van der Waals surface area contributed by atoms with Crippen molar-refractivity contribution < 1.29 is 14.7 Å². The van der Waals surface area contributed by atoms with Gasteiger partial charge < -0.3 is 16.2 Å². The Bertz CT molecular complexity index is 489. The van der Waals surface area contributed by atoms with Gasteiger partial charge in [0.2, 0.25) is 5.91 Å². The molecule has 20 heavy (non-hydrogen) atoms. The maximum absolute atomic E-state index is 12.1. The number of benzene rings is 1. The molecule has 1 rings (SSSR count). The molecule has 5 heteroatoms. The van der Waals surface area contributed by atoms with Gasteiger partial charge in [-0.25, -0.2) is 4.79 Å². The molecule has 2 atom stereocenters. The molecule has 0 spiro atoms. The van der Waals surface area contributed by atoms with Crippen LogP contribution in [0.15, 0.2) is 24.3 Å². The quantitative estimate of drug-likeness (QED) is 0.780. The van der Waals surface area contributed by atoms with Crippen molar-refractivity contribution in [3.8, 4) is 0 Å². The molecule has 0 saturated heterocycles. The van der Waals surface area contributed by atoms with E-state index in [-0.39, 0.29) is 0 Å². The lowest BCUT2D eigenvalue weighted by Gasteiger charge is -2.28. The van der Waals surface area contributed by atoms with E-state index in [2.05, 4.69) is 5.32 Å². The summed E-state index contributed by atoms with van der Waals surface area (Å²) in [5.74, 6) is -1.56. The number of hydrogen-bond acceptors (Lipinski definition) is 3. The molecule has 0 radical (unpaired) electrons. The Morgan fingerprint density at radius 2 is 1.70 bits per heavy atom. The maximum Gasteiger partial charge on any atom is 0.326 e. The number of aliphatic carboxylic acids is 1. The molecule has 110 valence electrons. The Morgan fingerprint density at radius 1 is 1.20 bits per heavy atom. The molecule has 0 fully saturated rings. The van der Waals surface area contributed by atoms with E-state index in [0.717, 1.165) is 5.56 Å². The molecule has 1 aromatic rings. The van der Waals surface area contributed by atoms with Crippen molar-refractivity contribution in [3.63, 3.8) is 0 Å². The van der Waals surface area contributed by atoms with Crippen LogP contribution in [0.2, 0.25) is 0 Å². The van der Waals surface area contributed by atoms with Crippen molar-refractivity contribution in [2.75, 3.05) is 0 Å². The van der Waals surface area contributed by atoms with Crippen molar-refractivity contribution in [3.05, 3.63) is 35.4 Å². The van der Waals surface area contributed by atoms with Crippen LogP contribution in [0.5, 0.6) is 0 Å². The average molecular weight is 278 g/mol. The number of amides is 1. The smallest absolute Gasteiger partial charge is 0.326 e. The minimum absolute atomic E-state index is 0.490. The van der Waals surface area contributed by atoms with E-state index in [4.69, 9.17) is 5.73 Å². The summed E-state index contributed by atoms with van der Waals surface area (Å²) in [5, 5.41) is 11.7. The minimum atomic E-state index is -1.07. The number of carboxylic acids is 1. The third kappa shape index (κ3) is 4.06. The summed E-state index contributed by atoms with van der Waals surface area (Å²) in [6.45, 7) is 7.20. The molecule has 5 nitrogen and oxygen atoms in total. The fourth-order valence-electron chi connectivity index (χ4n) is 1.81. The molecule has 0 aliphatic heterocycles. The largest absolute Gasteiger partial charge is 0.480 e. The highest BCUT2D eigenvalue weighted by Crippen LogP contribution is 2.20. The summed E-state index contributed by atoms with van der Waals surface area (Å²) in [7, 11) is 0. The zero-order valence-electron chi connectivity index (χ0n) is 12.3. The monoisotopic (exact) mass is 278 g/mol. The number of carbonyl (C=O) groups excluding carboxylic acids is 1. The second-order valence-corrected chi connectivity index (χ2v) is 6.03. The second-order valence-electron chi connectivity index (χ2n) is 6.03. The van der Waals surface area contributed by atoms with Gasteiger partial charge in [0.15, 0.2) is 0 Å². The zero-order chi connectivity index (χ0) is 15.5. The molecule has 0 saturated carbocycles. The Morgan fingerprint density at radius 3 is 2.10 bits per heavy atom. The van der Waals surface area contributed by atoms with Gasteiger partial charge in [0.1, 0.15) is 12.1 Å². The number of hydrogen-bond donors (Lipinski definition) is 3. The number of rotatable bonds is 4. The molecule has 1 amide bonds.